The predicted octanol–water partition coefficient (Wildman–Crippen LogP) is 5.67. The molecule has 6 heteroatoms. The Bertz CT molecular complexity index is 263. The van der Waals surface area contributed by atoms with Crippen LogP contribution in [0.5, 0.6) is 0 Å². The van der Waals surface area contributed by atoms with Gasteiger partial charge in [0.2, 0.25) is 0 Å². The molecule has 0 aliphatic heterocycles. The zero-order valence-electron chi connectivity index (χ0n) is 14.9. The summed E-state index contributed by atoms with van der Waals surface area (Å²) < 4.78 is 6.93. The second-order valence-electron chi connectivity index (χ2n) is 8.94. The minimum Gasteiger partial charge on any atom is -0.404 e. The highest BCUT2D eigenvalue weighted by molar-refractivity contribution is 9.24. The first-order valence-electron chi connectivity index (χ1n) is 7.28. The predicted molar refractivity (Wildman–Crippen MR) is 104 cm³/mol. The van der Waals surface area contributed by atoms with Gasteiger partial charge in [0.05, 0.1) is 0 Å². The van der Waals surface area contributed by atoms with Crippen LogP contribution in [0.3, 0.4) is 0 Å². The molecule has 0 amide bonds. The zero-order chi connectivity index (χ0) is 15.9. The topological polar surface area (TPSA) is 9.23 Å². The van der Waals surface area contributed by atoms with E-state index in [4.69, 9.17) is 4.43 Å². The molecular formula is C13H34BrOSi4. The molecule has 0 fully saturated rings. The Hall–Kier alpha value is 1.31. The molecule has 0 aromatic carbocycles. The maximum absolute atomic E-state index is 6.42. The van der Waals surface area contributed by atoms with Crippen molar-refractivity contribution in [2.75, 3.05) is 0 Å². The lowest BCUT2D eigenvalue weighted by Crippen LogP contribution is -2.71. The van der Waals surface area contributed by atoms with Crippen molar-refractivity contribution < 1.29 is 4.43 Å². The molecule has 0 spiro atoms. The Morgan fingerprint density at radius 3 is 1.21 bits per heavy atom. The van der Waals surface area contributed by atoms with Gasteiger partial charge in [-0.2, -0.15) is 0 Å². The lowest BCUT2D eigenvalue weighted by Gasteiger charge is -2.60. The van der Waals surface area contributed by atoms with Crippen molar-refractivity contribution in [1.82, 2.24) is 0 Å². The van der Waals surface area contributed by atoms with Crippen molar-refractivity contribution in [3.8, 4) is 0 Å². The van der Waals surface area contributed by atoms with Gasteiger partial charge in [-0.15, -0.1) is 0 Å². The van der Waals surface area contributed by atoms with Crippen LogP contribution in [-0.4, -0.2) is 38.0 Å². The summed E-state index contributed by atoms with van der Waals surface area (Å²) >= 11 is 4.09. The first-order chi connectivity index (χ1) is 8.09. The van der Waals surface area contributed by atoms with Crippen LogP contribution in [0.1, 0.15) is 13.8 Å². The average molecular weight is 399 g/mol. The summed E-state index contributed by atoms with van der Waals surface area (Å²) in [5.74, 6) is 0. The largest absolute Gasteiger partial charge is 0.404 e. The SMILES string of the molecule is CC(C)O[Si](Br)C([Si](C)(C)C)([Si](C)(C)C)[Si](C)(C)C. The summed E-state index contributed by atoms with van der Waals surface area (Å²) in [6.45, 7) is 27.5. The van der Waals surface area contributed by atoms with Crippen LogP contribution >= 0.6 is 15.3 Å². The highest BCUT2D eigenvalue weighted by Gasteiger charge is 2.65. The number of rotatable bonds is 6. The molecule has 1 radical (unpaired) electrons. The third-order valence-corrected chi connectivity index (χ3v) is 40.0. The van der Waals surface area contributed by atoms with E-state index in [1.54, 1.807) is 0 Å². The highest BCUT2D eigenvalue weighted by atomic mass is 79.9. The minimum absolute atomic E-state index is 0.330. The molecule has 0 saturated carbocycles. The fourth-order valence-corrected chi connectivity index (χ4v) is 56.9. The smallest absolute Gasteiger partial charge is 0.290 e. The Morgan fingerprint density at radius 1 is 0.789 bits per heavy atom. The van der Waals surface area contributed by atoms with Gasteiger partial charge in [0, 0.05) is 30.3 Å². The van der Waals surface area contributed by atoms with E-state index in [1.807, 2.05) is 0 Å². The van der Waals surface area contributed by atoms with E-state index in [9.17, 15) is 0 Å². The van der Waals surface area contributed by atoms with E-state index in [-0.39, 0.29) is 0 Å². The van der Waals surface area contributed by atoms with Gasteiger partial charge in [0.15, 0.2) is 0 Å². The Labute approximate surface area is 134 Å². The van der Waals surface area contributed by atoms with Crippen LogP contribution < -0.4 is 0 Å². The van der Waals surface area contributed by atoms with E-state index in [1.165, 1.54) is 0 Å². The van der Waals surface area contributed by atoms with Crippen LogP contribution in [0.25, 0.3) is 0 Å². The molecule has 0 unspecified atom stereocenters. The van der Waals surface area contributed by atoms with Gasteiger partial charge in [-0.25, -0.2) is 0 Å². The van der Waals surface area contributed by atoms with Gasteiger partial charge in [-0.05, 0) is 17.8 Å². The van der Waals surface area contributed by atoms with Crippen molar-refractivity contribution in [1.29, 1.82) is 0 Å². The Morgan fingerprint density at radius 2 is 1.05 bits per heavy atom. The van der Waals surface area contributed by atoms with Gasteiger partial charge in [0.25, 0.3) is 7.66 Å². The molecular weight excluding hydrogens is 364 g/mol. The molecule has 0 heterocycles. The molecule has 0 rings (SSSR count). The maximum atomic E-state index is 6.42. The van der Waals surface area contributed by atoms with E-state index in [0.29, 0.717) is 10.0 Å². The fraction of sp³-hybridized carbons (Fsp3) is 1.00. The summed E-state index contributed by atoms with van der Waals surface area (Å²) in [7, 11) is -4.98. The molecule has 115 valence electrons. The van der Waals surface area contributed by atoms with Gasteiger partial charge < -0.3 is 4.43 Å². The fourth-order valence-electron chi connectivity index (χ4n) is 4.55. The van der Waals surface area contributed by atoms with Crippen LogP contribution in [-0.2, 0) is 4.43 Å². The molecule has 0 aliphatic rings. The monoisotopic (exact) mass is 397 g/mol. The quantitative estimate of drug-likeness (QED) is 0.414. The van der Waals surface area contributed by atoms with Crippen molar-refractivity contribution >= 4 is 47.2 Å². The molecule has 0 aliphatic carbocycles. The lowest BCUT2D eigenvalue weighted by molar-refractivity contribution is 0.251. The highest BCUT2D eigenvalue weighted by Crippen LogP contribution is 2.57. The van der Waals surface area contributed by atoms with Crippen molar-refractivity contribution in [2.45, 2.75) is 82.8 Å². The number of halogens is 1. The molecule has 0 bridgehead atoms. The first kappa shape index (κ1) is 20.3. The van der Waals surface area contributed by atoms with E-state index in [0.717, 1.165) is 0 Å². The second-order valence-corrected chi connectivity index (χ2v) is 31.4. The van der Waals surface area contributed by atoms with Crippen molar-refractivity contribution in [2.24, 2.45) is 0 Å². The maximum Gasteiger partial charge on any atom is 0.290 e. The Kier molecular flexibility index (Phi) is 6.63. The van der Waals surface area contributed by atoms with E-state index >= 15 is 0 Å². The van der Waals surface area contributed by atoms with Crippen molar-refractivity contribution in [3.05, 3.63) is 0 Å². The zero-order valence-corrected chi connectivity index (χ0v) is 20.4. The van der Waals surface area contributed by atoms with Crippen LogP contribution in [0.4, 0.5) is 0 Å². The normalized spacial score (nSPS) is 15.5. The summed E-state index contributed by atoms with van der Waals surface area (Å²) in [5.41, 5.74) is 0. The van der Waals surface area contributed by atoms with Gasteiger partial charge in [-0.1, -0.05) is 74.2 Å². The third kappa shape index (κ3) is 3.94. The summed E-state index contributed by atoms with van der Waals surface area (Å²) in [4.78, 5) is 0. The molecule has 0 N–H and O–H groups in total. The Balaban J connectivity index is 6.11. The molecule has 0 atom stereocenters. The number of hydrogen-bond acceptors (Lipinski definition) is 1. The van der Waals surface area contributed by atoms with Crippen LogP contribution in [0.2, 0.25) is 62.8 Å². The summed E-state index contributed by atoms with van der Waals surface area (Å²) in [6.07, 6.45) is 0.330. The summed E-state index contributed by atoms with van der Waals surface area (Å²) in [5, 5.41) is 0. The average Bonchev–Trinajstić information content (AvgIpc) is 1.91. The van der Waals surface area contributed by atoms with Crippen LogP contribution in [0, 0.1) is 0 Å². The second kappa shape index (κ2) is 6.20. The standard InChI is InChI=1S/C13H34BrOSi4/c1-12(2)15-16(14)13(17(3,4)5,18(6,7)8)19(9,10)11/h12H,1-11H3. The van der Waals surface area contributed by atoms with Crippen LogP contribution in [0.15, 0.2) is 0 Å². The number of hydrogen-bond donors (Lipinski definition) is 0. The van der Waals surface area contributed by atoms with Crippen molar-refractivity contribution in [3.63, 3.8) is 0 Å². The molecule has 19 heavy (non-hydrogen) atoms. The van der Waals surface area contributed by atoms with E-state index in [2.05, 4.69) is 88.1 Å². The summed E-state index contributed by atoms with van der Waals surface area (Å²) in [6, 6.07) is 0. The van der Waals surface area contributed by atoms with Gasteiger partial charge >= 0.3 is 0 Å². The van der Waals surface area contributed by atoms with Gasteiger partial charge in [0.1, 0.15) is 0 Å². The third-order valence-electron chi connectivity index (χ3n) is 4.01. The molecule has 1 nitrogen and oxygen atoms in total. The molecule has 0 saturated heterocycles. The van der Waals surface area contributed by atoms with Gasteiger partial charge in [-0.3, -0.25) is 0 Å². The van der Waals surface area contributed by atoms with E-state index < -0.39 is 31.9 Å². The lowest BCUT2D eigenvalue weighted by atomic mass is 10.5. The molecule has 0 aromatic heterocycles. The molecule has 0 aromatic rings. The minimum atomic E-state index is -1.34. The first-order valence-corrected chi connectivity index (χ1v) is 21.4.